The number of anilines is 1. The van der Waals surface area contributed by atoms with E-state index < -0.39 is 5.97 Å². The Morgan fingerprint density at radius 3 is 2.57 bits per heavy atom. The van der Waals surface area contributed by atoms with Gasteiger partial charge in [0.05, 0.1) is 18.1 Å². The van der Waals surface area contributed by atoms with Crippen molar-refractivity contribution in [1.82, 2.24) is 0 Å². The fourth-order valence-corrected chi connectivity index (χ4v) is 2.23. The predicted molar refractivity (Wildman–Crippen MR) is 86.3 cm³/mol. The van der Waals surface area contributed by atoms with E-state index in [1.807, 2.05) is 19.1 Å². The van der Waals surface area contributed by atoms with Crippen molar-refractivity contribution in [3.8, 4) is 6.07 Å². The van der Waals surface area contributed by atoms with Crippen LogP contribution in [0.25, 0.3) is 0 Å². The number of carbonyl (C=O) groups excluding carboxylic acids is 1. The molecule has 0 spiro atoms. The molecule has 116 valence electrons. The summed E-state index contributed by atoms with van der Waals surface area (Å²) < 4.78 is 0. The van der Waals surface area contributed by atoms with Gasteiger partial charge >= 0.3 is 5.97 Å². The molecule has 0 fully saturated rings. The molecule has 0 aliphatic heterocycles. The molecule has 1 amide bonds. The number of benzene rings is 2. The molecule has 0 heterocycles. The summed E-state index contributed by atoms with van der Waals surface area (Å²) in [6, 6.07) is 15.7. The SMILES string of the molecule is Cc1cccc(C(=O)N(CCC(=O)O)c2cccc(C#N)c2)c1. The molecule has 0 aliphatic rings. The van der Waals surface area contributed by atoms with E-state index in [0.29, 0.717) is 16.8 Å². The average molecular weight is 308 g/mol. The van der Waals surface area contributed by atoms with Gasteiger partial charge in [-0.2, -0.15) is 5.26 Å². The minimum Gasteiger partial charge on any atom is -0.481 e. The Morgan fingerprint density at radius 1 is 1.17 bits per heavy atom. The number of aliphatic carboxylic acids is 1. The summed E-state index contributed by atoms with van der Waals surface area (Å²) in [6.07, 6.45) is -0.172. The van der Waals surface area contributed by atoms with Crippen LogP contribution in [-0.4, -0.2) is 23.5 Å². The first kappa shape index (κ1) is 16.2. The summed E-state index contributed by atoms with van der Waals surface area (Å²) >= 11 is 0. The molecule has 0 aromatic heterocycles. The van der Waals surface area contributed by atoms with E-state index in [0.717, 1.165) is 5.56 Å². The van der Waals surface area contributed by atoms with Gasteiger partial charge in [0.1, 0.15) is 0 Å². The standard InChI is InChI=1S/C18H16N2O3/c1-13-4-2-6-15(10-13)18(23)20(9-8-17(21)22)16-7-3-5-14(11-16)12-19/h2-7,10-11H,8-9H2,1H3,(H,21,22). The summed E-state index contributed by atoms with van der Waals surface area (Å²) in [5, 5.41) is 17.9. The number of hydrogen-bond acceptors (Lipinski definition) is 3. The van der Waals surface area contributed by atoms with Gasteiger partial charge in [-0.25, -0.2) is 0 Å². The number of carboxylic acids is 1. The van der Waals surface area contributed by atoms with Crippen LogP contribution in [0.15, 0.2) is 48.5 Å². The number of carboxylic acid groups (broad SMARTS) is 1. The highest BCUT2D eigenvalue weighted by atomic mass is 16.4. The van der Waals surface area contributed by atoms with Gasteiger partial charge in [0.2, 0.25) is 0 Å². The molecule has 23 heavy (non-hydrogen) atoms. The lowest BCUT2D eigenvalue weighted by Crippen LogP contribution is -2.33. The minimum absolute atomic E-state index is 0.0387. The number of aryl methyl sites for hydroxylation is 1. The normalized spacial score (nSPS) is 9.91. The first-order valence-electron chi connectivity index (χ1n) is 7.12. The molecule has 0 saturated heterocycles. The second kappa shape index (κ2) is 7.23. The van der Waals surface area contributed by atoms with Crippen LogP contribution in [0.3, 0.4) is 0 Å². The van der Waals surface area contributed by atoms with Crippen molar-refractivity contribution in [3.05, 3.63) is 65.2 Å². The van der Waals surface area contributed by atoms with Crippen molar-refractivity contribution in [3.63, 3.8) is 0 Å². The monoisotopic (exact) mass is 308 g/mol. The Bertz CT molecular complexity index is 778. The Morgan fingerprint density at radius 2 is 1.91 bits per heavy atom. The van der Waals surface area contributed by atoms with Crippen LogP contribution in [0.4, 0.5) is 5.69 Å². The maximum absolute atomic E-state index is 12.8. The van der Waals surface area contributed by atoms with Crippen molar-refractivity contribution in [1.29, 1.82) is 5.26 Å². The Labute approximate surface area is 134 Å². The number of rotatable bonds is 5. The molecule has 0 atom stereocenters. The van der Waals surface area contributed by atoms with E-state index in [-0.39, 0.29) is 18.9 Å². The van der Waals surface area contributed by atoms with Gasteiger partial charge in [-0.3, -0.25) is 9.59 Å². The van der Waals surface area contributed by atoms with Crippen LogP contribution in [0.2, 0.25) is 0 Å². The molecule has 5 nitrogen and oxygen atoms in total. The van der Waals surface area contributed by atoms with Gasteiger partial charge in [0.15, 0.2) is 0 Å². The number of nitrogens with zero attached hydrogens (tertiary/aromatic N) is 2. The summed E-state index contributed by atoms with van der Waals surface area (Å²) in [5.41, 5.74) is 2.36. The highest BCUT2D eigenvalue weighted by Gasteiger charge is 2.19. The summed E-state index contributed by atoms with van der Waals surface area (Å²) in [7, 11) is 0. The van der Waals surface area contributed by atoms with E-state index in [4.69, 9.17) is 10.4 Å². The molecule has 0 radical (unpaired) electrons. The third kappa shape index (κ3) is 4.17. The van der Waals surface area contributed by atoms with E-state index >= 15 is 0 Å². The lowest BCUT2D eigenvalue weighted by molar-refractivity contribution is -0.136. The molecule has 5 heteroatoms. The van der Waals surface area contributed by atoms with Crippen LogP contribution in [0.5, 0.6) is 0 Å². The molecule has 0 aliphatic carbocycles. The highest BCUT2D eigenvalue weighted by Crippen LogP contribution is 2.20. The first-order valence-corrected chi connectivity index (χ1v) is 7.12. The van der Waals surface area contributed by atoms with E-state index in [9.17, 15) is 9.59 Å². The fourth-order valence-electron chi connectivity index (χ4n) is 2.23. The quantitative estimate of drug-likeness (QED) is 0.920. The predicted octanol–water partition coefficient (Wildman–Crippen LogP) is 2.99. The van der Waals surface area contributed by atoms with Crippen molar-refractivity contribution in [2.24, 2.45) is 0 Å². The molecule has 0 unspecified atom stereocenters. The maximum Gasteiger partial charge on any atom is 0.305 e. The van der Waals surface area contributed by atoms with Gasteiger partial charge in [0, 0.05) is 17.8 Å². The van der Waals surface area contributed by atoms with Crippen LogP contribution in [0.1, 0.15) is 27.9 Å². The van der Waals surface area contributed by atoms with Crippen LogP contribution in [0, 0.1) is 18.3 Å². The van der Waals surface area contributed by atoms with Crippen LogP contribution < -0.4 is 4.90 Å². The fraction of sp³-hybridized carbons (Fsp3) is 0.167. The third-order valence-corrected chi connectivity index (χ3v) is 3.35. The first-order chi connectivity index (χ1) is 11.0. The second-order valence-electron chi connectivity index (χ2n) is 5.13. The van der Waals surface area contributed by atoms with E-state index in [1.165, 1.54) is 4.90 Å². The average Bonchev–Trinajstić information content (AvgIpc) is 2.54. The molecular formula is C18H16N2O3. The Hall–Kier alpha value is -3.13. The molecular weight excluding hydrogens is 292 g/mol. The van der Waals surface area contributed by atoms with E-state index in [1.54, 1.807) is 42.5 Å². The summed E-state index contributed by atoms with van der Waals surface area (Å²) in [6.45, 7) is 1.92. The van der Waals surface area contributed by atoms with Crippen molar-refractivity contribution >= 4 is 17.6 Å². The smallest absolute Gasteiger partial charge is 0.305 e. The van der Waals surface area contributed by atoms with Crippen molar-refractivity contribution in [2.75, 3.05) is 11.4 Å². The lowest BCUT2D eigenvalue weighted by atomic mass is 10.1. The molecule has 2 aromatic carbocycles. The third-order valence-electron chi connectivity index (χ3n) is 3.35. The van der Waals surface area contributed by atoms with Crippen LogP contribution >= 0.6 is 0 Å². The van der Waals surface area contributed by atoms with Crippen molar-refractivity contribution < 1.29 is 14.7 Å². The van der Waals surface area contributed by atoms with Crippen LogP contribution in [-0.2, 0) is 4.79 Å². The summed E-state index contributed by atoms with van der Waals surface area (Å²) in [5.74, 6) is -1.27. The number of hydrogen-bond donors (Lipinski definition) is 1. The lowest BCUT2D eigenvalue weighted by Gasteiger charge is -2.22. The molecule has 1 N–H and O–H groups in total. The minimum atomic E-state index is -0.983. The molecule has 0 saturated carbocycles. The molecule has 2 aromatic rings. The Balaban J connectivity index is 2.38. The zero-order valence-electron chi connectivity index (χ0n) is 12.7. The highest BCUT2D eigenvalue weighted by molar-refractivity contribution is 6.06. The maximum atomic E-state index is 12.8. The molecule has 2 rings (SSSR count). The van der Waals surface area contributed by atoms with Gasteiger partial charge in [-0.05, 0) is 37.3 Å². The topological polar surface area (TPSA) is 81.4 Å². The summed E-state index contributed by atoms with van der Waals surface area (Å²) in [4.78, 5) is 25.0. The number of amides is 1. The van der Waals surface area contributed by atoms with E-state index in [2.05, 4.69) is 0 Å². The van der Waals surface area contributed by atoms with Crippen molar-refractivity contribution in [2.45, 2.75) is 13.3 Å². The van der Waals surface area contributed by atoms with Gasteiger partial charge in [-0.1, -0.05) is 23.8 Å². The second-order valence-corrected chi connectivity index (χ2v) is 5.13. The van der Waals surface area contributed by atoms with Gasteiger partial charge < -0.3 is 10.0 Å². The number of carbonyl (C=O) groups is 2. The number of nitriles is 1. The Kier molecular flexibility index (Phi) is 5.11. The molecule has 0 bridgehead atoms. The zero-order valence-corrected chi connectivity index (χ0v) is 12.7. The van der Waals surface area contributed by atoms with Gasteiger partial charge in [0.25, 0.3) is 5.91 Å². The largest absolute Gasteiger partial charge is 0.481 e. The zero-order chi connectivity index (χ0) is 16.8. The van der Waals surface area contributed by atoms with Gasteiger partial charge in [-0.15, -0.1) is 0 Å².